The molecule has 0 radical (unpaired) electrons. The number of carboxylic acids is 1. The molecule has 1 aromatic rings. The third-order valence-corrected chi connectivity index (χ3v) is 4.94. The van der Waals surface area contributed by atoms with Crippen molar-refractivity contribution in [3.8, 4) is 0 Å². The summed E-state index contributed by atoms with van der Waals surface area (Å²) in [6, 6.07) is 7.46. The van der Waals surface area contributed by atoms with Crippen molar-refractivity contribution in [2.75, 3.05) is 13.1 Å². The van der Waals surface area contributed by atoms with E-state index < -0.39 is 17.9 Å². The number of carboxylic acid groups (broad SMARTS) is 1. The SMILES string of the molecule is Cc1ccc(CN2C(=O)CC[C@@H]2C(=O)N2CC[C@@H](C(=O)O)C2)cc1. The van der Waals surface area contributed by atoms with Crippen molar-refractivity contribution < 1.29 is 19.5 Å². The van der Waals surface area contributed by atoms with Gasteiger partial charge < -0.3 is 14.9 Å². The molecule has 2 aliphatic heterocycles. The summed E-state index contributed by atoms with van der Waals surface area (Å²) < 4.78 is 0. The number of hydrogen-bond acceptors (Lipinski definition) is 3. The van der Waals surface area contributed by atoms with Gasteiger partial charge in [-0.2, -0.15) is 0 Å². The molecular weight excluding hydrogens is 308 g/mol. The Morgan fingerprint density at radius 3 is 2.54 bits per heavy atom. The fourth-order valence-corrected chi connectivity index (χ4v) is 3.45. The second-order valence-electron chi connectivity index (χ2n) is 6.67. The Bertz CT molecular complexity index is 655. The first kappa shape index (κ1) is 16.5. The van der Waals surface area contributed by atoms with Gasteiger partial charge in [-0.05, 0) is 25.3 Å². The molecule has 0 spiro atoms. The van der Waals surface area contributed by atoms with Gasteiger partial charge in [-0.25, -0.2) is 0 Å². The molecule has 2 aliphatic rings. The van der Waals surface area contributed by atoms with Gasteiger partial charge >= 0.3 is 5.97 Å². The van der Waals surface area contributed by atoms with Gasteiger partial charge in [-0.3, -0.25) is 14.4 Å². The van der Waals surface area contributed by atoms with E-state index in [9.17, 15) is 14.4 Å². The highest BCUT2D eigenvalue weighted by Gasteiger charge is 2.41. The molecule has 3 rings (SSSR count). The van der Waals surface area contributed by atoms with Crippen LogP contribution in [-0.2, 0) is 20.9 Å². The summed E-state index contributed by atoms with van der Waals surface area (Å²) in [6.07, 6.45) is 1.37. The van der Waals surface area contributed by atoms with E-state index in [0.717, 1.165) is 11.1 Å². The first-order valence-electron chi connectivity index (χ1n) is 8.32. The van der Waals surface area contributed by atoms with Crippen molar-refractivity contribution in [1.82, 2.24) is 9.80 Å². The number of carbonyl (C=O) groups excluding carboxylic acids is 2. The topological polar surface area (TPSA) is 77.9 Å². The lowest BCUT2D eigenvalue weighted by atomic mass is 10.1. The molecule has 6 heteroatoms. The summed E-state index contributed by atoms with van der Waals surface area (Å²) in [6.45, 7) is 3.13. The van der Waals surface area contributed by atoms with E-state index in [-0.39, 0.29) is 18.4 Å². The van der Waals surface area contributed by atoms with E-state index in [0.29, 0.717) is 32.4 Å². The van der Waals surface area contributed by atoms with Crippen molar-refractivity contribution in [2.24, 2.45) is 5.92 Å². The Hall–Kier alpha value is -2.37. The summed E-state index contributed by atoms with van der Waals surface area (Å²) in [5.74, 6) is -1.47. The van der Waals surface area contributed by atoms with Crippen molar-refractivity contribution >= 4 is 17.8 Å². The maximum atomic E-state index is 12.8. The molecule has 0 aromatic heterocycles. The summed E-state index contributed by atoms with van der Waals surface area (Å²) in [7, 11) is 0. The first-order valence-corrected chi connectivity index (χ1v) is 8.32. The van der Waals surface area contributed by atoms with Crippen LogP contribution in [0.25, 0.3) is 0 Å². The Morgan fingerprint density at radius 1 is 1.21 bits per heavy atom. The Morgan fingerprint density at radius 2 is 1.92 bits per heavy atom. The molecule has 2 amide bonds. The summed E-state index contributed by atoms with van der Waals surface area (Å²) in [5.41, 5.74) is 2.15. The van der Waals surface area contributed by atoms with Gasteiger partial charge in [0.2, 0.25) is 11.8 Å². The highest BCUT2D eigenvalue weighted by Crippen LogP contribution is 2.26. The normalized spacial score (nSPS) is 23.8. The van der Waals surface area contributed by atoms with Crippen LogP contribution < -0.4 is 0 Å². The van der Waals surface area contributed by atoms with E-state index in [1.165, 1.54) is 0 Å². The number of aryl methyl sites for hydroxylation is 1. The fourth-order valence-electron chi connectivity index (χ4n) is 3.45. The molecule has 2 atom stereocenters. The largest absolute Gasteiger partial charge is 0.481 e. The molecule has 2 fully saturated rings. The molecule has 1 aromatic carbocycles. The van der Waals surface area contributed by atoms with Crippen LogP contribution in [0.1, 0.15) is 30.4 Å². The highest BCUT2D eigenvalue weighted by molar-refractivity contribution is 5.91. The quantitative estimate of drug-likeness (QED) is 0.906. The predicted molar refractivity (Wildman–Crippen MR) is 87.1 cm³/mol. The lowest BCUT2D eigenvalue weighted by Gasteiger charge is -2.28. The summed E-state index contributed by atoms with van der Waals surface area (Å²) >= 11 is 0. The molecule has 128 valence electrons. The molecule has 1 N–H and O–H groups in total. The fraction of sp³-hybridized carbons (Fsp3) is 0.500. The lowest BCUT2D eigenvalue weighted by Crippen LogP contribution is -2.45. The second-order valence-corrected chi connectivity index (χ2v) is 6.67. The molecule has 24 heavy (non-hydrogen) atoms. The van der Waals surface area contributed by atoms with Crippen LogP contribution in [-0.4, -0.2) is 51.8 Å². The maximum Gasteiger partial charge on any atom is 0.308 e. The van der Waals surface area contributed by atoms with Crippen molar-refractivity contribution in [1.29, 1.82) is 0 Å². The minimum atomic E-state index is -0.857. The highest BCUT2D eigenvalue weighted by atomic mass is 16.4. The van der Waals surface area contributed by atoms with E-state index in [4.69, 9.17) is 5.11 Å². The van der Waals surface area contributed by atoms with E-state index in [2.05, 4.69) is 0 Å². The van der Waals surface area contributed by atoms with Crippen LogP contribution in [0.5, 0.6) is 0 Å². The van der Waals surface area contributed by atoms with Crippen LogP contribution in [0.15, 0.2) is 24.3 Å². The molecule has 0 bridgehead atoms. The van der Waals surface area contributed by atoms with E-state index in [1.54, 1.807) is 9.80 Å². The van der Waals surface area contributed by atoms with Crippen LogP contribution in [0, 0.1) is 12.8 Å². The smallest absolute Gasteiger partial charge is 0.308 e. The van der Waals surface area contributed by atoms with E-state index >= 15 is 0 Å². The minimum Gasteiger partial charge on any atom is -0.481 e. The predicted octanol–water partition coefficient (Wildman–Crippen LogP) is 1.42. The lowest BCUT2D eigenvalue weighted by molar-refractivity contribution is -0.143. The molecule has 2 heterocycles. The van der Waals surface area contributed by atoms with Gasteiger partial charge in [0, 0.05) is 26.1 Å². The standard InChI is InChI=1S/C18H22N2O4/c1-12-2-4-13(5-3-12)10-20-15(6-7-16(20)21)17(22)19-9-8-14(11-19)18(23)24/h2-5,14-15H,6-11H2,1H3,(H,23,24)/t14-,15-/m1/s1. The van der Waals surface area contributed by atoms with Gasteiger partial charge in [-0.15, -0.1) is 0 Å². The number of amides is 2. The average molecular weight is 330 g/mol. The number of rotatable bonds is 4. The maximum absolute atomic E-state index is 12.8. The van der Waals surface area contributed by atoms with Crippen LogP contribution in [0.4, 0.5) is 0 Å². The molecule has 0 unspecified atom stereocenters. The Kier molecular flexibility index (Phi) is 4.55. The van der Waals surface area contributed by atoms with Crippen molar-refractivity contribution in [2.45, 2.75) is 38.8 Å². The zero-order chi connectivity index (χ0) is 17.3. The zero-order valence-corrected chi connectivity index (χ0v) is 13.8. The second kappa shape index (κ2) is 6.63. The van der Waals surface area contributed by atoms with Gasteiger partial charge in [0.15, 0.2) is 0 Å². The van der Waals surface area contributed by atoms with Crippen LogP contribution >= 0.6 is 0 Å². The van der Waals surface area contributed by atoms with E-state index in [1.807, 2.05) is 31.2 Å². The molecule has 6 nitrogen and oxygen atoms in total. The molecule has 0 saturated carbocycles. The number of hydrogen-bond donors (Lipinski definition) is 1. The molecule has 0 aliphatic carbocycles. The third-order valence-electron chi connectivity index (χ3n) is 4.94. The number of likely N-dealkylation sites (tertiary alicyclic amines) is 2. The third kappa shape index (κ3) is 3.27. The van der Waals surface area contributed by atoms with Gasteiger partial charge in [0.05, 0.1) is 5.92 Å². The monoisotopic (exact) mass is 330 g/mol. The Labute approximate surface area is 141 Å². The van der Waals surface area contributed by atoms with Crippen LogP contribution in [0.3, 0.4) is 0 Å². The first-order chi connectivity index (χ1) is 11.5. The Balaban J connectivity index is 1.69. The minimum absolute atomic E-state index is 0.0112. The number of carbonyl (C=O) groups is 3. The van der Waals surface area contributed by atoms with Gasteiger partial charge in [-0.1, -0.05) is 29.8 Å². The van der Waals surface area contributed by atoms with Gasteiger partial charge in [0.1, 0.15) is 6.04 Å². The van der Waals surface area contributed by atoms with Gasteiger partial charge in [0.25, 0.3) is 0 Å². The molecular formula is C18H22N2O4. The molecule has 2 saturated heterocycles. The summed E-state index contributed by atoms with van der Waals surface area (Å²) in [4.78, 5) is 39.3. The average Bonchev–Trinajstić information content (AvgIpc) is 3.17. The van der Waals surface area contributed by atoms with Crippen molar-refractivity contribution in [3.05, 3.63) is 35.4 Å². The number of aliphatic carboxylic acids is 1. The van der Waals surface area contributed by atoms with Crippen molar-refractivity contribution in [3.63, 3.8) is 0 Å². The number of nitrogens with zero attached hydrogens (tertiary/aromatic N) is 2. The zero-order valence-electron chi connectivity index (χ0n) is 13.8. The summed E-state index contributed by atoms with van der Waals surface area (Å²) in [5, 5.41) is 9.09. The number of benzene rings is 1. The van der Waals surface area contributed by atoms with Crippen LogP contribution in [0.2, 0.25) is 0 Å².